The molecular weight excluding hydrogens is 434 g/mol. The predicted octanol–water partition coefficient (Wildman–Crippen LogP) is 5.76. The van der Waals surface area contributed by atoms with Gasteiger partial charge in [-0.2, -0.15) is 0 Å². The number of anilines is 2. The van der Waals surface area contributed by atoms with Crippen molar-refractivity contribution in [3.8, 4) is 0 Å². The van der Waals surface area contributed by atoms with Gasteiger partial charge in [-0.3, -0.25) is 9.59 Å². The van der Waals surface area contributed by atoms with E-state index in [4.69, 9.17) is 11.6 Å². The summed E-state index contributed by atoms with van der Waals surface area (Å²) < 4.78 is 0. The molecule has 3 aromatic carbocycles. The molecule has 0 aliphatic carbocycles. The highest BCUT2D eigenvalue weighted by molar-refractivity contribution is 6.30. The van der Waals surface area contributed by atoms with E-state index < -0.39 is 0 Å². The summed E-state index contributed by atoms with van der Waals surface area (Å²) in [5, 5.41) is 6.51. The molecule has 33 heavy (non-hydrogen) atoms. The second-order valence-electron chi connectivity index (χ2n) is 8.53. The third-order valence-electron chi connectivity index (χ3n) is 6.03. The van der Waals surface area contributed by atoms with Gasteiger partial charge >= 0.3 is 0 Å². The first-order valence-corrected chi connectivity index (χ1v) is 11.7. The largest absolute Gasteiger partial charge is 0.371 e. The highest BCUT2D eigenvalue weighted by atomic mass is 35.5. The molecule has 0 radical (unpaired) electrons. The fraction of sp³-hybridized carbons (Fsp3) is 0.259. The van der Waals surface area contributed by atoms with Crippen LogP contribution in [-0.4, -0.2) is 24.9 Å². The van der Waals surface area contributed by atoms with Crippen molar-refractivity contribution in [1.29, 1.82) is 0 Å². The van der Waals surface area contributed by atoms with Crippen LogP contribution in [0.1, 0.15) is 46.0 Å². The van der Waals surface area contributed by atoms with Crippen LogP contribution in [0.3, 0.4) is 0 Å². The summed E-state index contributed by atoms with van der Waals surface area (Å²) in [5.41, 5.74) is 3.58. The molecule has 1 aliphatic heterocycles. The van der Waals surface area contributed by atoms with E-state index in [1.807, 2.05) is 42.5 Å². The van der Waals surface area contributed by atoms with Gasteiger partial charge in [0.25, 0.3) is 11.8 Å². The Bertz CT molecular complexity index is 1110. The Balaban J connectivity index is 1.56. The van der Waals surface area contributed by atoms with Crippen LogP contribution in [-0.2, 0) is 6.54 Å². The van der Waals surface area contributed by atoms with Crippen molar-refractivity contribution >= 4 is 34.8 Å². The predicted molar refractivity (Wildman–Crippen MR) is 134 cm³/mol. The smallest absolute Gasteiger partial charge is 0.255 e. The van der Waals surface area contributed by atoms with Crippen LogP contribution in [0, 0.1) is 5.92 Å². The van der Waals surface area contributed by atoms with Gasteiger partial charge in [0.05, 0.1) is 5.56 Å². The van der Waals surface area contributed by atoms with Crippen molar-refractivity contribution in [3.63, 3.8) is 0 Å². The number of piperidine rings is 1. The maximum atomic E-state index is 13.2. The Labute approximate surface area is 199 Å². The molecule has 0 spiro atoms. The average Bonchev–Trinajstić information content (AvgIpc) is 2.84. The van der Waals surface area contributed by atoms with Gasteiger partial charge in [-0.05, 0) is 66.8 Å². The van der Waals surface area contributed by atoms with E-state index in [0.717, 1.165) is 37.2 Å². The number of benzene rings is 3. The number of carbonyl (C=O) groups is 2. The number of amides is 2. The summed E-state index contributed by atoms with van der Waals surface area (Å²) in [6.07, 6.45) is 2.19. The molecule has 4 rings (SSSR count). The number of nitrogens with one attached hydrogen (secondary N) is 2. The minimum atomic E-state index is -0.248. The molecule has 2 N–H and O–H groups in total. The lowest BCUT2D eigenvalue weighted by molar-refractivity contribution is 0.0950. The van der Waals surface area contributed by atoms with Crippen LogP contribution in [0.25, 0.3) is 0 Å². The van der Waals surface area contributed by atoms with Crippen molar-refractivity contribution in [2.45, 2.75) is 26.3 Å². The Hall–Kier alpha value is -3.31. The molecule has 3 aromatic rings. The molecule has 1 heterocycles. The first-order valence-electron chi connectivity index (χ1n) is 11.3. The number of hydrogen-bond acceptors (Lipinski definition) is 3. The van der Waals surface area contributed by atoms with Crippen molar-refractivity contribution in [3.05, 3.63) is 94.5 Å². The normalized spacial score (nSPS) is 14.1. The van der Waals surface area contributed by atoms with Crippen LogP contribution < -0.4 is 15.5 Å². The molecular formula is C27H28ClN3O2. The molecule has 1 fully saturated rings. The van der Waals surface area contributed by atoms with Gasteiger partial charge in [-0.25, -0.2) is 0 Å². The van der Waals surface area contributed by atoms with E-state index in [0.29, 0.717) is 34.3 Å². The third kappa shape index (κ3) is 5.93. The van der Waals surface area contributed by atoms with E-state index in [1.54, 1.807) is 30.3 Å². The van der Waals surface area contributed by atoms with Gasteiger partial charge in [0.15, 0.2) is 0 Å². The van der Waals surface area contributed by atoms with E-state index in [9.17, 15) is 9.59 Å². The maximum absolute atomic E-state index is 13.2. The summed E-state index contributed by atoms with van der Waals surface area (Å²) in [5.74, 6) is 0.284. The summed E-state index contributed by atoms with van der Waals surface area (Å²) in [4.78, 5) is 28.2. The summed E-state index contributed by atoms with van der Waals surface area (Å²) in [6.45, 7) is 4.53. The standard InChI is InChI=1S/C27H28ClN3O2/c1-19-13-15-31(16-14-19)25-12-11-23(30-26(32)21-7-9-22(28)10-8-21)17-24(25)27(33)29-18-20-5-3-2-4-6-20/h2-12,17,19H,13-16,18H2,1H3,(H,29,33)(H,30,32). The fourth-order valence-electron chi connectivity index (χ4n) is 4.00. The molecule has 170 valence electrons. The Morgan fingerprint density at radius 3 is 2.33 bits per heavy atom. The van der Waals surface area contributed by atoms with Gasteiger partial charge < -0.3 is 15.5 Å². The number of halogens is 1. The number of rotatable bonds is 6. The summed E-state index contributed by atoms with van der Waals surface area (Å²) in [6, 6.07) is 22.1. The molecule has 1 saturated heterocycles. The quantitative estimate of drug-likeness (QED) is 0.490. The van der Waals surface area contributed by atoms with Crippen LogP contribution in [0.15, 0.2) is 72.8 Å². The maximum Gasteiger partial charge on any atom is 0.255 e. The zero-order chi connectivity index (χ0) is 23.2. The fourth-order valence-corrected chi connectivity index (χ4v) is 4.12. The lowest BCUT2D eigenvalue weighted by Crippen LogP contribution is -2.35. The minimum absolute atomic E-state index is 0.157. The van der Waals surface area contributed by atoms with Crippen molar-refractivity contribution in [2.24, 2.45) is 5.92 Å². The first kappa shape index (κ1) is 22.9. The highest BCUT2D eigenvalue weighted by Crippen LogP contribution is 2.29. The van der Waals surface area contributed by atoms with Crippen LogP contribution in [0.4, 0.5) is 11.4 Å². The van der Waals surface area contributed by atoms with Crippen molar-refractivity contribution < 1.29 is 9.59 Å². The topological polar surface area (TPSA) is 61.4 Å². The Morgan fingerprint density at radius 2 is 1.64 bits per heavy atom. The third-order valence-corrected chi connectivity index (χ3v) is 6.28. The molecule has 0 atom stereocenters. The molecule has 5 nitrogen and oxygen atoms in total. The zero-order valence-electron chi connectivity index (χ0n) is 18.7. The van der Waals surface area contributed by atoms with E-state index in [-0.39, 0.29) is 11.8 Å². The minimum Gasteiger partial charge on any atom is -0.371 e. The molecule has 0 bridgehead atoms. The summed E-state index contributed by atoms with van der Waals surface area (Å²) in [7, 11) is 0. The van der Waals surface area contributed by atoms with Gasteiger partial charge in [0.2, 0.25) is 0 Å². The number of carbonyl (C=O) groups excluding carboxylic acids is 2. The van der Waals surface area contributed by atoms with Gasteiger partial charge in [-0.15, -0.1) is 0 Å². The summed E-state index contributed by atoms with van der Waals surface area (Å²) >= 11 is 5.93. The molecule has 2 amide bonds. The second kappa shape index (κ2) is 10.5. The molecule has 0 saturated carbocycles. The van der Waals surface area contributed by atoms with Gasteiger partial charge in [0.1, 0.15) is 0 Å². The molecule has 0 aromatic heterocycles. The Morgan fingerprint density at radius 1 is 0.939 bits per heavy atom. The van der Waals surface area contributed by atoms with Crippen LogP contribution >= 0.6 is 11.6 Å². The van der Waals surface area contributed by atoms with E-state index >= 15 is 0 Å². The highest BCUT2D eigenvalue weighted by Gasteiger charge is 2.22. The van der Waals surface area contributed by atoms with Crippen molar-refractivity contribution in [2.75, 3.05) is 23.3 Å². The Kier molecular flexibility index (Phi) is 7.30. The lowest BCUT2D eigenvalue weighted by atomic mass is 9.97. The average molecular weight is 462 g/mol. The second-order valence-corrected chi connectivity index (χ2v) is 8.97. The monoisotopic (exact) mass is 461 g/mol. The molecule has 6 heteroatoms. The van der Waals surface area contributed by atoms with E-state index in [1.165, 1.54) is 0 Å². The number of hydrogen-bond donors (Lipinski definition) is 2. The first-order chi connectivity index (χ1) is 16.0. The lowest BCUT2D eigenvalue weighted by Gasteiger charge is -2.33. The molecule has 0 unspecified atom stereocenters. The van der Waals surface area contributed by atoms with Crippen LogP contribution in [0.2, 0.25) is 5.02 Å². The van der Waals surface area contributed by atoms with Crippen LogP contribution in [0.5, 0.6) is 0 Å². The van der Waals surface area contributed by atoms with E-state index in [2.05, 4.69) is 22.5 Å². The SMILES string of the molecule is CC1CCN(c2ccc(NC(=O)c3ccc(Cl)cc3)cc2C(=O)NCc2ccccc2)CC1. The molecule has 1 aliphatic rings. The van der Waals surface area contributed by atoms with Gasteiger partial charge in [0, 0.05) is 41.6 Å². The van der Waals surface area contributed by atoms with Gasteiger partial charge in [-0.1, -0.05) is 48.9 Å². The zero-order valence-corrected chi connectivity index (χ0v) is 19.4. The number of nitrogens with zero attached hydrogens (tertiary/aromatic N) is 1. The van der Waals surface area contributed by atoms with Crippen molar-refractivity contribution in [1.82, 2.24) is 5.32 Å².